The van der Waals surface area contributed by atoms with Crippen molar-refractivity contribution in [3.8, 4) is 5.75 Å². The first-order chi connectivity index (χ1) is 11.6. The van der Waals surface area contributed by atoms with Crippen LogP contribution in [0.25, 0.3) is 0 Å². The second kappa shape index (κ2) is 7.57. The van der Waals surface area contributed by atoms with Crippen molar-refractivity contribution < 1.29 is 23.1 Å². The normalized spacial score (nSPS) is 12.2. The highest BCUT2D eigenvalue weighted by atomic mass is 79.9. The summed E-state index contributed by atoms with van der Waals surface area (Å²) in [6, 6.07) is 7.04. The van der Waals surface area contributed by atoms with Crippen LogP contribution in [-0.2, 0) is 6.18 Å². The van der Waals surface area contributed by atoms with Gasteiger partial charge in [-0.2, -0.15) is 18.3 Å². The summed E-state index contributed by atoms with van der Waals surface area (Å²) in [4.78, 5) is 12.0. The van der Waals surface area contributed by atoms with Gasteiger partial charge in [0, 0.05) is 15.6 Å². The average Bonchev–Trinajstić information content (AvgIpc) is 2.55. The second-order valence-electron chi connectivity index (χ2n) is 5.00. The number of hydrazone groups is 1. The lowest BCUT2D eigenvalue weighted by atomic mass is 10.1. The van der Waals surface area contributed by atoms with E-state index in [1.54, 1.807) is 19.1 Å². The van der Waals surface area contributed by atoms with E-state index in [1.165, 1.54) is 0 Å². The summed E-state index contributed by atoms with van der Waals surface area (Å²) < 4.78 is 38.7. The Hall–Kier alpha value is -1.87. The van der Waals surface area contributed by atoms with Gasteiger partial charge >= 0.3 is 6.18 Å². The molecule has 132 valence electrons. The van der Waals surface area contributed by atoms with Crippen LogP contribution in [0.2, 0.25) is 0 Å². The van der Waals surface area contributed by atoms with Crippen molar-refractivity contribution in [1.29, 1.82) is 0 Å². The first kappa shape index (κ1) is 19.5. The lowest BCUT2D eigenvalue weighted by Gasteiger charge is -2.08. The molecule has 4 nitrogen and oxygen atoms in total. The molecule has 0 aliphatic heterocycles. The highest BCUT2D eigenvalue weighted by Crippen LogP contribution is 2.32. The Morgan fingerprint density at radius 2 is 1.76 bits per heavy atom. The van der Waals surface area contributed by atoms with Crippen molar-refractivity contribution in [1.82, 2.24) is 5.43 Å². The van der Waals surface area contributed by atoms with Crippen molar-refractivity contribution in [2.75, 3.05) is 0 Å². The third-order valence-corrected chi connectivity index (χ3v) is 4.28. The number of rotatable bonds is 3. The van der Waals surface area contributed by atoms with Gasteiger partial charge in [-0.15, -0.1) is 0 Å². The fraction of sp³-hybridized carbons (Fsp3) is 0.125. The molecule has 0 spiro atoms. The maximum Gasteiger partial charge on any atom is 0.416 e. The Morgan fingerprint density at radius 1 is 1.16 bits per heavy atom. The predicted molar refractivity (Wildman–Crippen MR) is 94.6 cm³/mol. The molecule has 0 heterocycles. The highest BCUT2D eigenvalue weighted by molar-refractivity contribution is 9.11. The van der Waals surface area contributed by atoms with Crippen molar-refractivity contribution in [3.63, 3.8) is 0 Å². The van der Waals surface area contributed by atoms with Gasteiger partial charge in [-0.3, -0.25) is 4.79 Å². The summed E-state index contributed by atoms with van der Waals surface area (Å²) in [5.74, 6) is -0.713. The van der Waals surface area contributed by atoms with Crippen LogP contribution in [-0.4, -0.2) is 16.7 Å². The number of nitrogens with one attached hydrogen (secondary N) is 1. The summed E-state index contributed by atoms with van der Waals surface area (Å²) in [6.07, 6.45) is -4.46. The first-order valence-electron chi connectivity index (χ1n) is 6.80. The van der Waals surface area contributed by atoms with Crippen LogP contribution in [0.5, 0.6) is 5.75 Å². The van der Waals surface area contributed by atoms with Crippen LogP contribution in [0, 0.1) is 0 Å². The Kier molecular flexibility index (Phi) is 5.89. The van der Waals surface area contributed by atoms with Gasteiger partial charge in [-0.1, -0.05) is 15.9 Å². The number of carbonyl (C=O) groups is 1. The Bertz CT molecular complexity index is 835. The van der Waals surface area contributed by atoms with Crippen molar-refractivity contribution in [2.24, 2.45) is 5.10 Å². The zero-order valence-electron chi connectivity index (χ0n) is 12.7. The largest absolute Gasteiger partial charge is 0.506 e. The van der Waals surface area contributed by atoms with Crippen LogP contribution in [0.3, 0.4) is 0 Å². The number of benzene rings is 2. The van der Waals surface area contributed by atoms with Crippen LogP contribution < -0.4 is 5.43 Å². The van der Waals surface area contributed by atoms with Crippen molar-refractivity contribution >= 4 is 43.5 Å². The molecule has 0 bridgehead atoms. The lowest BCUT2D eigenvalue weighted by Crippen LogP contribution is -2.19. The molecule has 2 rings (SSSR count). The summed E-state index contributed by atoms with van der Waals surface area (Å²) in [5, 5.41) is 13.9. The molecule has 0 saturated carbocycles. The minimum absolute atomic E-state index is 0.0317. The van der Waals surface area contributed by atoms with E-state index < -0.39 is 17.6 Å². The zero-order valence-corrected chi connectivity index (χ0v) is 15.8. The van der Waals surface area contributed by atoms with Crippen LogP contribution in [0.15, 0.2) is 50.4 Å². The minimum Gasteiger partial charge on any atom is -0.506 e. The van der Waals surface area contributed by atoms with Gasteiger partial charge in [0.2, 0.25) is 0 Å². The van der Waals surface area contributed by atoms with Gasteiger partial charge in [-0.25, -0.2) is 5.43 Å². The van der Waals surface area contributed by atoms with Crippen LogP contribution in [0.4, 0.5) is 13.2 Å². The van der Waals surface area contributed by atoms with Gasteiger partial charge in [-0.05, 0) is 59.3 Å². The predicted octanol–water partition coefficient (Wildman–Crippen LogP) is 5.09. The number of alkyl halides is 3. The van der Waals surface area contributed by atoms with Crippen LogP contribution >= 0.6 is 31.9 Å². The summed E-state index contributed by atoms with van der Waals surface area (Å²) >= 11 is 6.47. The molecule has 25 heavy (non-hydrogen) atoms. The van der Waals surface area contributed by atoms with E-state index in [-0.39, 0.29) is 11.3 Å². The molecule has 0 fully saturated rings. The molecular weight excluding hydrogens is 469 g/mol. The van der Waals surface area contributed by atoms with E-state index in [9.17, 15) is 23.1 Å². The summed E-state index contributed by atoms with van der Waals surface area (Å²) in [7, 11) is 0. The zero-order chi connectivity index (χ0) is 18.8. The quantitative estimate of drug-likeness (QED) is 0.475. The third-order valence-electron chi connectivity index (χ3n) is 3.22. The summed E-state index contributed by atoms with van der Waals surface area (Å²) in [5.41, 5.74) is 2.14. The molecule has 0 aliphatic carbocycles. The highest BCUT2D eigenvalue weighted by Gasteiger charge is 2.30. The number of hydrogen-bond donors (Lipinski definition) is 2. The molecule has 1 amide bonds. The van der Waals surface area contributed by atoms with Crippen molar-refractivity contribution in [3.05, 3.63) is 62.0 Å². The maximum absolute atomic E-state index is 12.5. The molecule has 0 aliphatic rings. The SMILES string of the molecule is C/C(=N\NC(=O)c1ccc(C(F)(F)F)cc1)c1cc(Br)cc(Br)c1O. The van der Waals surface area contributed by atoms with E-state index in [1.807, 2.05) is 0 Å². The maximum atomic E-state index is 12.5. The number of hydrogen-bond acceptors (Lipinski definition) is 3. The number of phenolic OH excluding ortho intramolecular Hbond substituents is 1. The number of phenols is 1. The number of halogens is 5. The average molecular weight is 480 g/mol. The molecule has 9 heteroatoms. The standard InChI is InChI=1S/C16H11Br2F3N2O2/c1-8(12-6-11(17)7-13(18)14(12)24)22-23-15(25)9-2-4-10(5-3-9)16(19,20)21/h2-7,24H,1H3,(H,23,25)/b22-8+. The minimum atomic E-state index is -4.46. The third kappa shape index (κ3) is 4.82. The monoisotopic (exact) mass is 478 g/mol. The molecule has 0 radical (unpaired) electrons. The fourth-order valence-electron chi connectivity index (χ4n) is 1.91. The number of nitrogens with zero attached hydrogens (tertiary/aromatic N) is 1. The molecule has 2 N–H and O–H groups in total. The van der Waals surface area contributed by atoms with Crippen molar-refractivity contribution in [2.45, 2.75) is 13.1 Å². The van der Waals surface area contributed by atoms with Gasteiger partial charge in [0.15, 0.2) is 0 Å². The first-order valence-corrected chi connectivity index (χ1v) is 8.38. The molecule has 0 atom stereocenters. The Morgan fingerprint density at radius 3 is 2.32 bits per heavy atom. The number of carbonyl (C=O) groups excluding carboxylic acids is 1. The van der Waals surface area contributed by atoms with Gasteiger partial charge < -0.3 is 5.11 Å². The smallest absolute Gasteiger partial charge is 0.416 e. The topological polar surface area (TPSA) is 61.7 Å². The fourth-order valence-corrected chi connectivity index (χ4v) is 3.14. The summed E-state index contributed by atoms with van der Waals surface area (Å²) in [6.45, 7) is 1.57. The van der Waals surface area contributed by atoms with Gasteiger partial charge in [0.05, 0.1) is 15.7 Å². The molecule has 0 saturated heterocycles. The van der Waals surface area contributed by atoms with Crippen LogP contribution in [0.1, 0.15) is 28.4 Å². The molecule has 0 aromatic heterocycles. The van der Waals surface area contributed by atoms with E-state index in [4.69, 9.17) is 0 Å². The van der Waals surface area contributed by atoms with E-state index in [2.05, 4.69) is 42.4 Å². The van der Waals surface area contributed by atoms with E-state index >= 15 is 0 Å². The van der Waals surface area contributed by atoms with E-state index in [0.717, 1.165) is 24.3 Å². The number of amides is 1. The number of aromatic hydroxyl groups is 1. The van der Waals surface area contributed by atoms with E-state index in [0.29, 0.717) is 20.2 Å². The van der Waals surface area contributed by atoms with Gasteiger partial charge in [0.25, 0.3) is 5.91 Å². The molecule has 2 aromatic rings. The lowest BCUT2D eigenvalue weighted by molar-refractivity contribution is -0.137. The Labute approximate surface area is 158 Å². The molecular formula is C16H11Br2F3N2O2. The molecule has 2 aromatic carbocycles. The molecule has 0 unspecified atom stereocenters. The second-order valence-corrected chi connectivity index (χ2v) is 6.77. The Balaban J connectivity index is 2.17. The van der Waals surface area contributed by atoms with Gasteiger partial charge in [0.1, 0.15) is 5.75 Å².